The van der Waals surface area contributed by atoms with E-state index in [1.807, 2.05) is 48.6 Å². The number of nitrogens with zero attached hydrogens (tertiary/aromatic N) is 2. The molecule has 0 saturated carbocycles. The Balaban J connectivity index is 1.65. The van der Waals surface area contributed by atoms with Gasteiger partial charge in [0.05, 0.1) is 11.6 Å². The van der Waals surface area contributed by atoms with Gasteiger partial charge in [0.1, 0.15) is 4.32 Å². The van der Waals surface area contributed by atoms with E-state index in [1.165, 1.54) is 24.6 Å². The van der Waals surface area contributed by atoms with Crippen LogP contribution in [0.15, 0.2) is 47.4 Å². The van der Waals surface area contributed by atoms with E-state index in [9.17, 15) is 4.79 Å². The van der Waals surface area contributed by atoms with Crippen molar-refractivity contribution in [1.29, 1.82) is 0 Å². The zero-order valence-corrected chi connectivity index (χ0v) is 13.9. The largest absolute Gasteiger partial charge is 0.286 e. The third-order valence-electron chi connectivity index (χ3n) is 3.75. The smallest absolute Gasteiger partial charge is 0.267 e. The van der Waals surface area contributed by atoms with Gasteiger partial charge < -0.3 is 0 Å². The molecule has 0 unspecified atom stereocenters. The Bertz CT molecular complexity index is 619. The molecule has 2 aliphatic rings. The van der Waals surface area contributed by atoms with Gasteiger partial charge in [-0.1, -0.05) is 66.5 Å². The van der Waals surface area contributed by atoms with Crippen LogP contribution in [0.25, 0.3) is 6.08 Å². The highest BCUT2D eigenvalue weighted by Crippen LogP contribution is 2.31. The molecular weight excluding hydrogens is 312 g/mol. The fourth-order valence-electron chi connectivity index (χ4n) is 2.57. The molecule has 2 heterocycles. The molecule has 1 aromatic carbocycles. The van der Waals surface area contributed by atoms with E-state index >= 15 is 0 Å². The van der Waals surface area contributed by atoms with Crippen LogP contribution in [0, 0.1) is 0 Å². The van der Waals surface area contributed by atoms with Crippen molar-refractivity contribution < 1.29 is 4.79 Å². The standard InChI is InChI=1S/C17H18N2OS2/c20-16-15(10-6-9-14-7-2-1-3-8-14)22-17(21)19(16)13-18-11-4-5-12-18/h1-3,6-10H,4-5,11-13H2. The summed E-state index contributed by atoms with van der Waals surface area (Å²) in [5.74, 6) is 0.0274. The zero-order valence-electron chi connectivity index (χ0n) is 12.3. The molecule has 0 aromatic heterocycles. The number of hydrogen-bond acceptors (Lipinski definition) is 4. The normalized spacial score (nSPS) is 21.6. The number of likely N-dealkylation sites (tertiary alicyclic amines) is 1. The van der Waals surface area contributed by atoms with Crippen LogP contribution >= 0.6 is 24.0 Å². The average Bonchev–Trinajstić information content (AvgIpc) is 3.13. The van der Waals surface area contributed by atoms with E-state index in [0.29, 0.717) is 15.9 Å². The SMILES string of the molecule is O=C1C(=CC=Cc2ccccc2)SC(=S)N1CN1CCCC1. The quantitative estimate of drug-likeness (QED) is 0.623. The van der Waals surface area contributed by atoms with Gasteiger partial charge in [0, 0.05) is 0 Å². The number of allylic oxidation sites excluding steroid dienone is 2. The summed E-state index contributed by atoms with van der Waals surface area (Å²) in [6, 6.07) is 10.0. The summed E-state index contributed by atoms with van der Waals surface area (Å²) in [4.78, 5) is 17.1. The zero-order chi connectivity index (χ0) is 15.4. The number of benzene rings is 1. The minimum absolute atomic E-state index is 0.0274. The molecule has 0 N–H and O–H groups in total. The molecule has 1 aromatic rings. The maximum absolute atomic E-state index is 12.4. The Labute approximate surface area is 140 Å². The number of thiocarbonyl (C=S) groups is 1. The van der Waals surface area contributed by atoms with Gasteiger partial charge in [-0.3, -0.25) is 14.6 Å². The third kappa shape index (κ3) is 3.66. The van der Waals surface area contributed by atoms with Crippen LogP contribution in [0.4, 0.5) is 0 Å². The van der Waals surface area contributed by atoms with Gasteiger partial charge in [-0.15, -0.1) is 0 Å². The van der Waals surface area contributed by atoms with Crippen molar-refractivity contribution in [3.05, 3.63) is 53.0 Å². The first-order valence-corrected chi connectivity index (χ1v) is 8.66. The summed E-state index contributed by atoms with van der Waals surface area (Å²) >= 11 is 6.74. The summed E-state index contributed by atoms with van der Waals surface area (Å²) in [6.07, 6.45) is 8.19. The van der Waals surface area contributed by atoms with E-state index in [1.54, 1.807) is 4.90 Å². The van der Waals surface area contributed by atoms with Gasteiger partial charge in [-0.2, -0.15) is 0 Å². The molecule has 1 amide bonds. The fraction of sp³-hybridized carbons (Fsp3) is 0.294. The topological polar surface area (TPSA) is 23.6 Å². The Morgan fingerprint density at radius 3 is 2.64 bits per heavy atom. The minimum Gasteiger partial charge on any atom is -0.286 e. The highest BCUT2D eigenvalue weighted by molar-refractivity contribution is 8.26. The number of carbonyl (C=O) groups is 1. The van der Waals surface area contributed by atoms with Crippen molar-refractivity contribution in [2.75, 3.05) is 19.8 Å². The van der Waals surface area contributed by atoms with E-state index in [0.717, 1.165) is 18.7 Å². The van der Waals surface area contributed by atoms with Crippen molar-refractivity contribution in [2.45, 2.75) is 12.8 Å². The van der Waals surface area contributed by atoms with Gasteiger partial charge in [-0.25, -0.2) is 0 Å². The van der Waals surface area contributed by atoms with Crippen molar-refractivity contribution >= 4 is 40.3 Å². The van der Waals surface area contributed by atoms with Gasteiger partial charge >= 0.3 is 0 Å². The van der Waals surface area contributed by atoms with Crippen LogP contribution in [0.3, 0.4) is 0 Å². The van der Waals surface area contributed by atoms with Crippen molar-refractivity contribution in [2.24, 2.45) is 0 Å². The molecule has 2 saturated heterocycles. The molecule has 2 aliphatic heterocycles. The van der Waals surface area contributed by atoms with E-state index in [-0.39, 0.29) is 5.91 Å². The lowest BCUT2D eigenvalue weighted by molar-refractivity contribution is -0.123. The van der Waals surface area contributed by atoms with E-state index in [2.05, 4.69) is 4.90 Å². The first-order valence-electron chi connectivity index (χ1n) is 7.43. The Hall–Kier alpha value is -1.43. The molecule has 2 fully saturated rings. The number of thioether (sulfide) groups is 1. The lowest BCUT2D eigenvalue weighted by Gasteiger charge is -2.22. The average molecular weight is 330 g/mol. The maximum atomic E-state index is 12.4. The second kappa shape index (κ2) is 7.22. The molecule has 0 aliphatic carbocycles. The Morgan fingerprint density at radius 2 is 1.91 bits per heavy atom. The predicted molar refractivity (Wildman–Crippen MR) is 96.3 cm³/mol. The predicted octanol–water partition coefficient (Wildman–Crippen LogP) is 3.50. The lowest BCUT2D eigenvalue weighted by Crippen LogP contribution is -2.38. The molecule has 3 rings (SSSR count). The molecule has 0 atom stereocenters. The number of hydrogen-bond donors (Lipinski definition) is 0. The molecule has 0 radical (unpaired) electrons. The van der Waals surface area contributed by atoms with Gasteiger partial charge in [-0.05, 0) is 37.6 Å². The van der Waals surface area contributed by atoms with Crippen LogP contribution in [0.2, 0.25) is 0 Å². The fourth-order valence-corrected chi connectivity index (χ4v) is 3.76. The molecule has 114 valence electrons. The van der Waals surface area contributed by atoms with Crippen LogP contribution in [0.5, 0.6) is 0 Å². The summed E-state index contributed by atoms with van der Waals surface area (Å²) < 4.78 is 0.663. The monoisotopic (exact) mass is 330 g/mol. The molecule has 22 heavy (non-hydrogen) atoms. The summed E-state index contributed by atoms with van der Waals surface area (Å²) in [5.41, 5.74) is 1.12. The summed E-state index contributed by atoms with van der Waals surface area (Å²) in [5, 5.41) is 0. The molecule has 5 heteroatoms. The van der Waals surface area contributed by atoms with Crippen LogP contribution in [0.1, 0.15) is 18.4 Å². The van der Waals surface area contributed by atoms with Crippen molar-refractivity contribution in [3.8, 4) is 0 Å². The van der Waals surface area contributed by atoms with Gasteiger partial charge in [0.15, 0.2) is 0 Å². The van der Waals surface area contributed by atoms with Crippen LogP contribution in [-0.4, -0.2) is 39.8 Å². The van der Waals surface area contributed by atoms with Gasteiger partial charge in [0.25, 0.3) is 5.91 Å². The molecule has 0 bridgehead atoms. The highest BCUT2D eigenvalue weighted by Gasteiger charge is 2.33. The summed E-state index contributed by atoms with van der Waals surface area (Å²) in [6.45, 7) is 2.75. The first-order chi connectivity index (χ1) is 10.7. The maximum Gasteiger partial charge on any atom is 0.267 e. The van der Waals surface area contributed by atoms with E-state index in [4.69, 9.17) is 12.2 Å². The Morgan fingerprint density at radius 1 is 1.18 bits per heavy atom. The lowest BCUT2D eigenvalue weighted by atomic mass is 10.2. The van der Waals surface area contributed by atoms with Crippen LogP contribution in [-0.2, 0) is 4.79 Å². The van der Waals surface area contributed by atoms with E-state index < -0.39 is 0 Å². The number of amides is 1. The van der Waals surface area contributed by atoms with Crippen LogP contribution < -0.4 is 0 Å². The minimum atomic E-state index is 0.0274. The van der Waals surface area contributed by atoms with Gasteiger partial charge in [0.2, 0.25) is 0 Å². The second-order valence-corrected chi connectivity index (χ2v) is 7.04. The molecule has 3 nitrogen and oxygen atoms in total. The molecular formula is C17H18N2OS2. The number of rotatable bonds is 4. The number of carbonyl (C=O) groups excluding carboxylic acids is 1. The Kier molecular flexibility index (Phi) is 5.08. The van der Waals surface area contributed by atoms with Crippen molar-refractivity contribution in [3.63, 3.8) is 0 Å². The highest BCUT2D eigenvalue weighted by atomic mass is 32.2. The third-order valence-corrected chi connectivity index (χ3v) is 5.15. The first kappa shape index (κ1) is 15.5. The molecule has 0 spiro atoms. The summed E-state index contributed by atoms with van der Waals surface area (Å²) in [7, 11) is 0. The van der Waals surface area contributed by atoms with Crippen molar-refractivity contribution in [1.82, 2.24) is 9.80 Å². The second-order valence-electron chi connectivity index (χ2n) is 5.37.